The average molecular weight is 239 g/mol. The Hall–Kier alpha value is -0.120. The molecule has 3 nitrogen and oxygen atoms in total. The van der Waals surface area contributed by atoms with Crippen LogP contribution in [0, 0.1) is 0 Å². The lowest BCUT2D eigenvalue weighted by Crippen LogP contribution is -2.44. The average Bonchev–Trinajstić information content (AvgIpc) is 2.63. The number of rotatable bonds is 4. The molecule has 0 aromatic heterocycles. The molecule has 0 aromatic rings. The summed E-state index contributed by atoms with van der Waals surface area (Å²) < 4.78 is 0. The van der Waals surface area contributed by atoms with E-state index >= 15 is 0 Å². The van der Waals surface area contributed by atoms with Gasteiger partial charge < -0.3 is 10.2 Å². The molecule has 0 atom stereocenters. The van der Waals surface area contributed by atoms with Gasteiger partial charge in [-0.05, 0) is 58.4 Å². The standard InChI is InChI=1S/C14H29N3/c1-2-3-9-16-10-4-11-17(13-12-16)14-5-7-15-8-6-14/h14-15H,2-13H2,1H3. The minimum Gasteiger partial charge on any atom is -0.317 e. The highest BCUT2D eigenvalue weighted by molar-refractivity contribution is 4.80. The van der Waals surface area contributed by atoms with Crippen molar-refractivity contribution in [1.29, 1.82) is 0 Å². The van der Waals surface area contributed by atoms with Gasteiger partial charge in [0, 0.05) is 19.1 Å². The van der Waals surface area contributed by atoms with Gasteiger partial charge in [0.1, 0.15) is 0 Å². The third-order valence-electron chi connectivity index (χ3n) is 4.28. The van der Waals surface area contributed by atoms with Gasteiger partial charge in [0.25, 0.3) is 0 Å². The van der Waals surface area contributed by atoms with Crippen molar-refractivity contribution < 1.29 is 0 Å². The Morgan fingerprint density at radius 1 is 1.06 bits per heavy atom. The quantitative estimate of drug-likeness (QED) is 0.803. The van der Waals surface area contributed by atoms with E-state index in [4.69, 9.17) is 0 Å². The van der Waals surface area contributed by atoms with Gasteiger partial charge in [0.15, 0.2) is 0 Å². The number of nitrogens with one attached hydrogen (secondary N) is 1. The van der Waals surface area contributed by atoms with Crippen LogP contribution in [0.4, 0.5) is 0 Å². The molecule has 2 aliphatic rings. The zero-order valence-electron chi connectivity index (χ0n) is 11.5. The lowest BCUT2D eigenvalue weighted by Gasteiger charge is -2.33. The first-order valence-corrected chi connectivity index (χ1v) is 7.57. The van der Waals surface area contributed by atoms with Crippen molar-refractivity contribution in [3.63, 3.8) is 0 Å². The summed E-state index contributed by atoms with van der Waals surface area (Å²) in [4.78, 5) is 5.43. The van der Waals surface area contributed by atoms with E-state index in [1.54, 1.807) is 0 Å². The molecule has 0 saturated carbocycles. The van der Waals surface area contributed by atoms with E-state index in [0.29, 0.717) is 0 Å². The van der Waals surface area contributed by atoms with Crippen LogP contribution in [-0.4, -0.2) is 61.7 Å². The first kappa shape index (κ1) is 13.3. The Labute approximate surface area is 107 Å². The fourth-order valence-electron chi connectivity index (χ4n) is 3.13. The lowest BCUT2D eigenvalue weighted by atomic mass is 10.0. The van der Waals surface area contributed by atoms with Crippen LogP contribution in [0.2, 0.25) is 0 Å². The van der Waals surface area contributed by atoms with Crippen LogP contribution in [0.5, 0.6) is 0 Å². The monoisotopic (exact) mass is 239 g/mol. The van der Waals surface area contributed by atoms with Crippen LogP contribution in [0.15, 0.2) is 0 Å². The number of hydrogen-bond acceptors (Lipinski definition) is 3. The van der Waals surface area contributed by atoms with E-state index in [-0.39, 0.29) is 0 Å². The summed E-state index contributed by atoms with van der Waals surface area (Å²) in [6, 6.07) is 0.863. The molecule has 2 fully saturated rings. The normalized spacial score (nSPS) is 25.9. The highest BCUT2D eigenvalue weighted by atomic mass is 15.2. The summed E-state index contributed by atoms with van der Waals surface area (Å²) in [7, 11) is 0. The van der Waals surface area contributed by atoms with Crippen molar-refractivity contribution in [2.45, 2.75) is 45.1 Å². The smallest absolute Gasteiger partial charge is 0.0120 e. The SMILES string of the molecule is CCCCN1CCCN(C2CCNCC2)CC1. The molecule has 0 aliphatic carbocycles. The third kappa shape index (κ3) is 4.23. The maximum absolute atomic E-state index is 3.47. The lowest BCUT2D eigenvalue weighted by molar-refractivity contribution is 0.165. The molecule has 1 N–H and O–H groups in total. The van der Waals surface area contributed by atoms with E-state index in [1.807, 2.05) is 0 Å². The van der Waals surface area contributed by atoms with Gasteiger partial charge in [-0.2, -0.15) is 0 Å². The van der Waals surface area contributed by atoms with Crippen molar-refractivity contribution in [3.8, 4) is 0 Å². The summed E-state index contributed by atoms with van der Waals surface area (Å²) in [6.07, 6.45) is 6.78. The third-order valence-corrected chi connectivity index (χ3v) is 4.28. The van der Waals surface area contributed by atoms with Crippen LogP contribution < -0.4 is 5.32 Å². The molecule has 0 radical (unpaired) electrons. The minimum absolute atomic E-state index is 0.863. The van der Waals surface area contributed by atoms with Gasteiger partial charge in [-0.15, -0.1) is 0 Å². The molecule has 3 heteroatoms. The van der Waals surface area contributed by atoms with Crippen LogP contribution in [0.1, 0.15) is 39.0 Å². The first-order chi connectivity index (χ1) is 8.40. The van der Waals surface area contributed by atoms with Gasteiger partial charge in [-0.1, -0.05) is 13.3 Å². The molecule has 0 amide bonds. The molecule has 2 heterocycles. The van der Waals surface area contributed by atoms with Crippen LogP contribution in [0.3, 0.4) is 0 Å². The maximum Gasteiger partial charge on any atom is 0.0120 e. The van der Waals surface area contributed by atoms with Gasteiger partial charge >= 0.3 is 0 Å². The molecule has 2 rings (SSSR count). The Bertz CT molecular complexity index is 202. The summed E-state index contributed by atoms with van der Waals surface area (Å²) in [6.45, 7) is 11.3. The Kier molecular flexibility index (Phi) is 5.75. The van der Waals surface area contributed by atoms with Crippen molar-refractivity contribution in [2.75, 3.05) is 45.8 Å². The van der Waals surface area contributed by atoms with E-state index < -0.39 is 0 Å². The van der Waals surface area contributed by atoms with Crippen LogP contribution in [-0.2, 0) is 0 Å². The van der Waals surface area contributed by atoms with Gasteiger partial charge in [0.2, 0.25) is 0 Å². The topological polar surface area (TPSA) is 18.5 Å². The molecule has 17 heavy (non-hydrogen) atoms. The van der Waals surface area contributed by atoms with Crippen molar-refractivity contribution >= 4 is 0 Å². The highest BCUT2D eigenvalue weighted by Gasteiger charge is 2.23. The van der Waals surface area contributed by atoms with Gasteiger partial charge in [0.05, 0.1) is 0 Å². The predicted molar refractivity (Wildman–Crippen MR) is 73.4 cm³/mol. The van der Waals surface area contributed by atoms with E-state index in [1.165, 1.54) is 77.9 Å². The molecule has 0 spiro atoms. The summed E-state index contributed by atoms with van der Waals surface area (Å²) in [5.41, 5.74) is 0. The maximum atomic E-state index is 3.47. The Morgan fingerprint density at radius 3 is 2.65 bits per heavy atom. The summed E-state index contributed by atoms with van der Waals surface area (Å²) in [5.74, 6) is 0. The molecule has 0 bridgehead atoms. The molecule has 2 saturated heterocycles. The fourth-order valence-corrected chi connectivity index (χ4v) is 3.13. The summed E-state index contributed by atoms with van der Waals surface area (Å²) in [5, 5.41) is 3.47. The molecule has 100 valence electrons. The van der Waals surface area contributed by atoms with Crippen LogP contribution in [0.25, 0.3) is 0 Å². The predicted octanol–water partition coefficient (Wildman–Crippen LogP) is 1.55. The van der Waals surface area contributed by atoms with Crippen LogP contribution >= 0.6 is 0 Å². The zero-order valence-corrected chi connectivity index (χ0v) is 11.5. The van der Waals surface area contributed by atoms with Crippen molar-refractivity contribution in [2.24, 2.45) is 0 Å². The molecule has 2 aliphatic heterocycles. The second kappa shape index (κ2) is 7.34. The fraction of sp³-hybridized carbons (Fsp3) is 1.00. The molecular weight excluding hydrogens is 210 g/mol. The van der Waals surface area contributed by atoms with E-state index in [9.17, 15) is 0 Å². The zero-order chi connectivity index (χ0) is 11.9. The van der Waals surface area contributed by atoms with Crippen molar-refractivity contribution in [1.82, 2.24) is 15.1 Å². The Balaban J connectivity index is 1.74. The number of hydrogen-bond donors (Lipinski definition) is 1. The summed E-state index contributed by atoms with van der Waals surface area (Å²) >= 11 is 0. The largest absolute Gasteiger partial charge is 0.317 e. The molecular formula is C14H29N3. The number of unbranched alkanes of at least 4 members (excludes halogenated alkanes) is 1. The van der Waals surface area contributed by atoms with Gasteiger partial charge in [-0.3, -0.25) is 4.90 Å². The highest BCUT2D eigenvalue weighted by Crippen LogP contribution is 2.14. The molecule has 0 aromatic carbocycles. The second-order valence-electron chi connectivity index (χ2n) is 5.57. The second-order valence-corrected chi connectivity index (χ2v) is 5.57. The minimum atomic E-state index is 0.863. The van der Waals surface area contributed by atoms with E-state index in [0.717, 1.165) is 6.04 Å². The van der Waals surface area contributed by atoms with E-state index in [2.05, 4.69) is 22.0 Å². The molecule has 0 unspecified atom stereocenters. The first-order valence-electron chi connectivity index (χ1n) is 7.57. The number of piperidine rings is 1. The Morgan fingerprint density at radius 2 is 1.88 bits per heavy atom. The van der Waals surface area contributed by atoms with Crippen molar-refractivity contribution in [3.05, 3.63) is 0 Å². The van der Waals surface area contributed by atoms with Gasteiger partial charge in [-0.25, -0.2) is 0 Å². The number of nitrogens with zero attached hydrogens (tertiary/aromatic N) is 2.